The van der Waals surface area contributed by atoms with Crippen LogP contribution in [0.25, 0.3) is 0 Å². The molecule has 3 aromatic rings. The van der Waals surface area contributed by atoms with Crippen LogP contribution in [0.1, 0.15) is 30.4 Å². The molecule has 1 aromatic carbocycles. The Bertz CT molecular complexity index is 924. The monoisotopic (exact) mass is 366 g/mol. The smallest absolute Gasteiger partial charge is 0.174 e. The van der Waals surface area contributed by atoms with Crippen molar-refractivity contribution in [2.45, 2.75) is 25.6 Å². The average Bonchev–Trinajstić information content (AvgIpc) is 3.26. The third-order valence-electron chi connectivity index (χ3n) is 4.72. The summed E-state index contributed by atoms with van der Waals surface area (Å²) < 4.78 is 16.7. The van der Waals surface area contributed by atoms with Gasteiger partial charge in [0.05, 0.1) is 17.4 Å². The molecule has 1 aliphatic heterocycles. The van der Waals surface area contributed by atoms with Crippen LogP contribution in [-0.4, -0.2) is 14.7 Å². The van der Waals surface area contributed by atoms with Crippen molar-refractivity contribution in [3.8, 4) is 0 Å². The van der Waals surface area contributed by atoms with Gasteiger partial charge in [-0.1, -0.05) is 18.2 Å². The number of para-hydroxylation sites is 1. The minimum absolute atomic E-state index is 0.163. The number of aryl methyl sites for hydroxylation is 1. The highest BCUT2D eigenvalue weighted by Crippen LogP contribution is 2.42. The number of pyridine rings is 1. The molecule has 0 spiro atoms. The summed E-state index contributed by atoms with van der Waals surface area (Å²) in [4.78, 5) is 6.38. The van der Waals surface area contributed by atoms with Gasteiger partial charge in [-0.2, -0.15) is 0 Å². The number of aromatic nitrogens is 2. The van der Waals surface area contributed by atoms with Crippen LogP contribution in [-0.2, 0) is 6.54 Å². The van der Waals surface area contributed by atoms with Crippen molar-refractivity contribution in [3.63, 3.8) is 0 Å². The lowest BCUT2D eigenvalue weighted by Crippen LogP contribution is -2.31. The first-order chi connectivity index (χ1) is 12.7. The lowest BCUT2D eigenvalue weighted by molar-refractivity contribution is 0.524. The SMILES string of the molecule is CCn1cccc1C1C(c2ccccn2)NC(=S)N1c1ccccc1F. The maximum atomic E-state index is 14.6. The number of benzene rings is 1. The van der Waals surface area contributed by atoms with Crippen LogP contribution in [0.3, 0.4) is 0 Å². The van der Waals surface area contributed by atoms with Crippen molar-refractivity contribution in [1.82, 2.24) is 14.9 Å². The fourth-order valence-electron chi connectivity index (χ4n) is 3.55. The number of hydrogen-bond donors (Lipinski definition) is 1. The molecule has 1 saturated heterocycles. The summed E-state index contributed by atoms with van der Waals surface area (Å²) in [6.07, 6.45) is 3.80. The van der Waals surface area contributed by atoms with Crippen molar-refractivity contribution < 1.29 is 4.39 Å². The molecule has 1 N–H and O–H groups in total. The topological polar surface area (TPSA) is 33.1 Å². The maximum Gasteiger partial charge on any atom is 0.174 e. The predicted octanol–water partition coefficient (Wildman–Crippen LogP) is 4.22. The fourth-order valence-corrected chi connectivity index (χ4v) is 3.88. The highest BCUT2D eigenvalue weighted by atomic mass is 32.1. The van der Waals surface area contributed by atoms with Gasteiger partial charge < -0.3 is 14.8 Å². The van der Waals surface area contributed by atoms with Gasteiger partial charge in [0.15, 0.2) is 5.11 Å². The van der Waals surface area contributed by atoms with E-state index in [0.717, 1.165) is 17.9 Å². The van der Waals surface area contributed by atoms with Gasteiger partial charge in [0.2, 0.25) is 0 Å². The zero-order valence-corrected chi connectivity index (χ0v) is 15.2. The first-order valence-corrected chi connectivity index (χ1v) is 9.01. The summed E-state index contributed by atoms with van der Waals surface area (Å²) in [6.45, 7) is 2.92. The minimum Gasteiger partial charge on any atom is -0.351 e. The largest absolute Gasteiger partial charge is 0.351 e. The van der Waals surface area contributed by atoms with Crippen LogP contribution < -0.4 is 10.2 Å². The Labute approximate surface area is 157 Å². The van der Waals surface area contributed by atoms with E-state index in [9.17, 15) is 4.39 Å². The van der Waals surface area contributed by atoms with Crippen LogP contribution in [0.2, 0.25) is 0 Å². The second-order valence-electron chi connectivity index (χ2n) is 6.17. The van der Waals surface area contributed by atoms with E-state index in [-0.39, 0.29) is 17.9 Å². The predicted molar refractivity (Wildman–Crippen MR) is 104 cm³/mol. The molecule has 6 heteroatoms. The zero-order chi connectivity index (χ0) is 18.1. The Balaban J connectivity index is 1.87. The maximum absolute atomic E-state index is 14.6. The average molecular weight is 366 g/mol. The highest BCUT2D eigenvalue weighted by Gasteiger charge is 2.42. The number of nitrogens with one attached hydrogen (secondary N) is 1. The molecule has 2 aromatic heterocycles. The van der Waals surface area contributed by atoms with E-state index >= 15 is 0 Å². The summed E-state index contributed by atoms with van der Waals surface area (Å²) in [7, 11) is 0. The molecule has 4 rings (SSSR count). The van der Waals surface area contributed by atoms with Crippen molar-refractivity contribution in [2.24, 2.45) is 0 Å². The molecule has 3 heterocycles. The molecule has 0 saturated carbocycles. The molecule has 4 nitrogen and oxygen atoms in total. The summed E-state index contributed by atoms with van der Waals surface area (Å²) in [5.41, 5.74) is 2.42. The fraction of sp³-hybridized carbons (Fsp3) is 0.200. The standard InChI is InChI=1S/C20H19FN4S/c1-2-24-13-7-11-17(24)19-18(15-9-5-6-12-22-15)23-20(26)25(19)16-10-4-3-8-14(16)21/h3-13,18-19H,2H2,1H3,(H,23,26). The van der Waals surface area contributed by atoms with Gasteiger partial charge in [-0.25, -0.2) is 4.39 Å². The third kappa shape index (κ3) is 2.76. The quantitative estimate of drug-likeness (QED) is 0.701. The molecule has 0 amide bonds. The summed E-state index contributed by atoms with van der Waals surface area (Å²) in [5, 5.41) is 3.85. The second-order valence-corrected chi connectivity index (χ2v) is 6.55. The molecular formula is C20H19FN4S. The lowest BCUT2D eigenvalue weighted by atomic mass is 10.0. The van der Waals surface area contributed by atoms with Gasteiger partial charge in [0.1, 0.15) is 11.9 Å². The molecule has 26 heavy (non-hydrogen) atoms. The van der Waals surface area contributed by atoms with Crippen molar-refractivity contribution in [2.75, 3.05) is 4.90 Å². The van der Waals surface area contributed by atoms with E-state index in [1.54, 1.807) is 18.3 Å². The summed E-state index contributed by atoms with van der Waals surface area (Å²) in [6, 6.07) is 16.3. The molecule has 0 radical (unpaired) electrons. The molecule has 2 unspecified atom stereocenters. The molecular weight excluding hydrogens is 347 g/mol. The normalized spacial score (nSPS) is 19.6. The Morgan fingerprint density at radius 2 is 1.92 bits per heavy atom. The number of hydrogen-bond acceptors (Lipinski definition) is 2. The molecule has 132 valence electrons. The van der Waals surface area contributed by atoms with Crippen molar-refractivity contribution >= 4 is 23.0 Å². The van der Waals surface area contributed by atoms with E-state index in [4.69, 9.17) is 12.2 Å². The van der Waals surface area contributed by atoms with Gasteiger partial charge in [-0.3, -0.25) is 4.98 Å². The van der Waals surface area contributed by atoms with Gasteiger partial charge in [0, 0.05) is 24.6 Å². The van der Waals surface area contributed by atoms with E-state index in [1.807, 2.05) is 41.4 Å². The number of anilines is 1. The highest BCUT2D eigenvalue weighted by molar-refractivity contribution is 7.80. The lowest BCUT2D eigenvalue weighted by Gasteiger charge is -2.29. The van der Waals surface area contributed by atoms with E-state index in [1.165, 1.54) is 6.07 Å². The first-order valence-electron chi connectivity index (χ1n) is 8.61. The number of nitrogens with zero attached hydrogens (tertiary/aromatic N) is 3. The second kappa shape index (κ2) is 6.88. The minimum atomic E-state index is -0.294. The Hall–Kier alpha value is -2.73. The van der Waals surface area contributed by atoms with Crippen LogP contribution in [0.15, 0.2) is 67.0 Å². The van der Waals surface area contributed by atoms with E-state index < -0.39 is 0 Å². The molecule has 1 aliphatic rings. The van der Waals surface area contributed by atoms with E-state index in [2.05, 4.69) is 27.9 Å². The Morgan fingerprint density at radius 1 is 1.12 bits per heavy atom. The number of rotatable bonds is 4. The Morgan fingerprint density at radius 3 is 2.65 bits per heavy atom. The van der Waals surface area contributed by atoms with Gasteiger partial charge >= 0.3 is 0 Å². The molecule has 2 atom stereocenters. The summed E-state index contributed by atoms with van der Waals surface area (Å²) >= 11 is 5.60. The zero-order valence-electron chi connectivity index (χ0n) is 14.3. The third-order valence-corrected chi connectivity index (χ3v) is 5.03. The Kier molecular flexibility index (Phi) is 4.42. The van der Waals surface area contributed by atoms with Crippen LogP contribution in [0.4, 0.5) is 10.1 Å². The van der Waals surface area contributed by atoms with Gasteiger partial charge in [-0.15, -0.1) is 0 Å². The van der Waals surface area contributed by atoms with Gasteiger partial charge in [0.25, 0.3) is 0 Å². The molecule has 1 fully saturated rings. The molecule has 0 aliphatic carbocycles. The van der Waals surface area contributed by atoms with Crippen molar-refractivity contribution in [1.29, 1.82) is 0 Å². The molecule has 0 bridgehead atoms. The number of halogens is 1. The summed E-state index contributed by atoms with van der Waals surface area (Å²) in [5.74, 6) is -0.294. The van der Waals surface area contributed by atoms with Crippen LogP contribution in [0, 0.1) is 5.82 Å². The van der Waals surface area contributed by atoms with Gasteiger partial charge in [-0.05, 0) is 55.5 Å². The van der Waals surface area contributed by atoms with Crippen LogP contribution in [0.5, 0.6) is 0 Å². The van der Waals surface area contributed by atoms with E-state index in [0.29, 0.717) is 10.8 Å². The van der Waals surface area contributed by atoms with Crippen molar-refractivity contribution in [3.05, 3.63) is 84.2 Å². The number of thiocarbonyl (C=S) groups is 1. The first kappa shape index (κ1) is 16.7. The van der Waals surface area contributed by atoms with Crippen LogP contribution >= 0.6 is 12.2 Å².